The van der Waals surface area contributed by atoms with E-state index in [9.17, 15) is 12.8 Å². The highest BCUT2D eigenvalue weighted by Crippen LogP contribution is 2.14. The van der Waals surface area contributed by atoms with Crippen LogP contribution in [0.1, 0.15) is 11.1 Å². The Morgan fingerprint density at radius 1 is 1.33 bits per heavy atom. The fourth-order valence-corrected chi connectivity index (χ4v) is 2.77. The van der Waals surface area contributed by atoms with Crippen LogP contribution >= 0.6 is 0 Å². The summed E-state index contributed by atoms with van der Waals surface area (Å²) in [4.78, 5) is 3.80. The van der Waals surface area contributed by atoms with Gasteiger partial charge < -0.3 is 0 Å². The highest BCUT2D eigenvalue weighted by molar-refractivity contribution is 7.89. The minimum Gasteiger partial charge on any atom is -0.264 e. The highest BCUT2D eigenvalue weighted by atomic mass is 32.2. The quantitative estimate of drug-likeness (QED) is 0.909. The first-order chi connectivity index (χ1) is 10.0. The van der Waals surface area contributed by atoms with E-state index in [0.29, 0.717) is 6.42 Å². The van der Waals surface area contributed by atoms with E-state index in [-0.39, 0.29) is 17.0 Å². The van der Waals surface area contributed by atoms with Crippen LogP contribution in [0.4, 0.5) is 4.39 Å². The Morgan fingerprint density at radius 3 is 2.81 bits per heavy atom. The maximum Gasteiger partial charge on any atom is 0.240 e. The smallest absolute Gasteiger partial charge is 0.240 e. The van der Waals surface area contributed by atoms with Crippen molar-refractivity contribution in [2.24, 2.45) is 0 Å². The zero-order valence-electron chi connectivity index (χ0n) is 11.0. The van der Waals surface area contributed by atoms with Gasteiger partial charge in [-0.3, -0.25) is 4.98 Å². The molecule has 0 fully saturated rings. The van der Waals surface area contributed by atoms with Gasteiger partial charge in [0.15, 0.2) is 0 Å². The Morgan fingerprint density at radius 2 is 2.14 bits per heavy atom. The number of benzene rings is 1. The predicted molar refractivity (Wildman–Crippen MR) is 74.2 cm³/mol. The molecule has 0 atom stereocenters. The van der Waals surface area contributed by atoms with Crippen LogP contribution in [-0.2, 0) is 16.4 Å². The summed E-state index contributed by atoms with van der Waals surface area (Å²) in [6.45, 7) is 0.188. The molecule has 108 valence electrons. The molecule has 0 amide bonds. The van der Waals surface area contributed by atoms with E-state index in [0.717, 1.165) is 23.8 Å². The second kappa shape index (κ2) is 6.43. The van der Waals surface area contributed by atoms with Gasteiger partial charge in [0.1, 0.15) is 11.9 Å². The van der Waals surface area contributed by atoms with Gasteiger partial charge in [-0.15, -0.1) is 0 Å². The molecule has 0 aliphatic rings. The Hall–Kier alpha value is -2.30. The number of rotatable bonds is 5. The third-order valence-corrected chi connectivity index (χ3v) is 4.26. The van der Waals surface area contributed by atoms with Crippen LogP contribution in [0.3, 0.4) is 0 Å². The molecule has 0 radical (unpaired) electrons. The van der Waals surface area contributed by atoms with Crippen molar-refractivity contribution in [2.45, 2.75) is 11.3 Å². The molecular weight excluding hydrogens is 293 g/mol. The lowest BCUT2D eigenvalue weighted by atomic mass is 10.2. The lowest BCUT2D eigenvalue weighted by molar-refractivity contribution is 0.580. The number of hydrogen-bond donors (Lipinski definition) is 1. The maximum atomic E-state index is 13.2. The maximum absolute atomic E-state index is 13.2. The number of nitrogens with zero attached hydrogens (tertiary/aromatic N) is 2. The van der Waals surface area contributed by atoms with Gasteiger partial charge in [-0.25, -0.2) is 17.5 Å². The van der Waals surface area contributed by atoms with Crippen LogP contribution in [-0.4, -0.2) is 19.9 Å². The predicted octanol–water partition coefficient (Wildman–Crippen LogP) is 1.61. The molecule has 1 aromatic heterocycles. The van der Waals surface area contributed by atoms with Crippen LogP contribution < -0.4 is 4.72 Å². The largest absolute Gasteiger partial charge is 0.264 e. The molecule has 0 aliphatic heterocycles. The van der Waals surface area contributed by atoms with Crippen LogP contribution in [0, 0.1) is 17.1 Å². The summed E-state index contributed by atoms with van der Waals surface area (Å²) in [6, 6.07) is 8.33. The van der Waals surface area contributed by atoms with Crippen molar-refractivity contribution in [3.05, 3.63) is 59.7 Å². The van der Waals surface area contributed by atoms with Crippen LogP contribution in [0.15, 0.2) is 47.6 Å². The van der Waals surface area contributed by atoms with Gasteiger partial charge in [0.2, 0.25) is 10.0 Å². The summed E-state index contributed by atoms with van der Waals surface area (Å²) >= 11 is 0. The van der Waals surface area contributed by atoms with Crippen molar-refractivity contribution in [2.75, 3.05) is 6.54 Å². The first-order valence-corrected chi connectivity index (χ1v) is 7.59. The van der Waals surface area contributed by atoms with E-state index in [1.165, 1.54) is 0 Å². The first-order valence-electron chi connectivity index (χ1n) is 6.11. The molecule has 21 heavy (non-hydrogen) atoms. The van der Waals surface area contributed by atoms with Crippen molar-refractivity contribution < 1.29 is 12.8 Å². The third-order valence-electron chi connectivity index (χ3n) is 2.80. The van der Waals surface area contributed by atoms with Crippen molar-refractivity contribution in [1.29, 1.82) is 5.26 Å². The second-order valence-electron chi connectivity index (χ2n) is 4.26. The number of nitrogens with one attached hydrogen (secondary N) is 1. The van der Waals surface area contributed by atoms with Gasteiger partial charge in [-0.1, -0.05) is 6.07 Å². The summed E-state index contributed by atoms with van der Waals surface area (Å²) in [5.41, 5.74) is 0.599. The zero-order valence-corrected chi connectivity index (χ0v) is 11.8. The van der Waals surface area contributed by atoms with Gasteiger partial charge in [0.05, 0.1) is 10.5 Å². The molecule has 0 saturated heterocycles. The molecule has 1 N–H and O–H groups in total. The van der Waals surface area contributed by atoms with E-state index in [2.05, 4.69) is 9.71 Å². The van der Waals surface area contributed by atoms with E-state index >= 15 is 0 Å². The highest BCUT2D eigenvalue weighted by Gasteiger charge is 2.15. The fraction of sp³-hybridized carbons (Fsp3) is 0.143. The summed E-state index contributed by atoms with van der Waals surface area (Å²) in [5.74, 6) is -0.744. The molecule has 0 saturated carbocycles. The topological polar surface area (TPSA) is 82.8 Å². The minimum atomic E-state index is -3.77. The van der Waals surface area contributed by atoms with Gasteiger partial charge in [0.25, 0.3) is 0 Å². The number of hydrogen-bond acceptors (Lipinski definition) is 4. The van der Waals surface area contributed by atoms with E-state index in [4.69, 9.17) is 5.26 Å². The number of aromatic nitrogens is 1. The molecular formula is C14H12FN3O2S. The molecule has 0 bridgehead atoms. The lowest BCUT2D eigenvalue weighted by Crippen LogP contribution is -2.26. The van der Waals surface area contributed by atoms with Gasteiger partial charge >= 0.3 is 0 Å². The number of nitriles is 1. The van der Waals surface area contributed by atoms with Crippen LogP contribution in [0.2, 0.25) is 0 Å². The van der Waals surface area contributed by atoms with Crippen molar-refractivity contribution in [1.82, 2.24) is 9.71 Å². The monoisotopic (exact) mass is 305 g/mol. The normalized spacial score (nSPS) is 11.0. The standard InChI is InChI=1S/C14H12FN3O2S/c15-14-4-3-13(8-12(14)9-16)21(19,20)18-7-5-11-2-1-6-17-10-11/h1-4,6,8,10,18H,5,7H2. The third kappa shape index (κ3) is 3.84. The summed E-state index contributed by atoms with van der Waals surface area (Å²) in [6.07, 6.45) is 3.77. The average molecular weight is 305 g/mol. The lowest BCUT2D eigenvalue weighted by Gasteiger charge is -2.07. The average Bonchev–Trinajstić information content (AvgIpc) is 2.48. The molecule has 2 aromatic rings. The molecule has 5 nitrogen and oxygen atoms in total. The zero-order chi connectivity index (χ0) is 15.3. The Balaban J connectivity index is 2.07. The van der Waals surface area contributed by atoms with E-state index < -0.39 is 15.8 Å². The number of halogens is 1. The van der Waals surface area contributed by atoms with Gasteiger partial charge in [-0.2, -0.15) is 5.26 Å². The number of pyridine rings is 1. The molecule has 0 spiro atoms. The Kier molecular flexibility index (Phi) is 4.62. The molecule has 2 rings (SSSR count). The van der Waals surface area contributed by atoms with Crippen molar-refractivity contribution >= 4 is 10.0 Å². The Bertz CT molecular complexity index is 771. The molecule has 0 aliphatic carbocycles. The SMILES string of the molecule is N#Cc1cc(S(=O)(=O)NCCc2cccnc2)ccc1F. The van der Waals surface area contributed by atoms with Crippen LogP contribution in [0.5, 0.6) is 0 Å². The first kappa shape index (κ1) is 15.1. The van der Waals surface area contributed by atoms with Crippen molar-refractivity contribution in [3.8, 4) is 6.07 Å². The van der Waals surface area contributed by atoms with E-state index in [1.807, 2.05) is 6.07 Å². The van der Waals surface area contributed by atoms with Crippen LogP contribution in [0.25, 0.3) is 0 Å². The molecule has 7 heteroatoms. The van der Waals surface area contributed by atoms with Gasteiger partial charge in [0, 0.05) is 18.9 Å². The summed E-state index contributed by atoms with van der Waals surface area (Å²) in [5, 5.41) is 8.72. The molecule has 1 heterocycles. The molecule has 1 aromatic carbocycles. The fourth-order valence-electron chi connectivity index (χ4n) is 1.72. The van der Waals surface area contributed by atoms with Crippen molar-refractivity contribution in [3.63, 3.8) is 0 Å². The van der Waals surface area contributed by atoms with Gasteiger partial charge in [-0.05, 0) is 36.2 Å². The minimum absolute atomic E-state index is 0.133. The second-order valence-corrected chi connectivity index (χ2v) is 6.03. The summed E-state index contributed by atoms with van der Waals surface area (Å²) in [7, 11) is -3.77. The Labute approximate surface area is 122 Å². The van der Waals surface area contributed by atoms with E-state index in [1.54, 1.807) is 24.5 Å². The summed E-state index contributed by atoms with van der Waals surface area (Å²) < 4.78 is 39.7. The molecule has 0 unspecified atom stereocenters. The number of sulfonamides is 1.